The van der Waals surface area contributed by atoms with Gasteiger partial charge in [0, 0.05) is 32.2 Å². The molecular formula is C21H29N5O. The summed E-state index contributed by atoms with van der Waals surface area (Å²) in [4.78, 5) is 14.1. The van der Waals surface area contributed by atoms with Crippen LogP contribution in [0.25, 0.3) is 0 Å². The van der Waals surface area contributed by atoms with Gasteiger partial charge in [-0.3, -0.25) is 0 Å². The lowest BCUT2D eigenvalue weighted by atomic mass is 10.2. The number of benzene rings is 1. The predicted octanol–water partition coefficient (Wildman–Crippen LogP) is 3.75. The molecule has 2 saturated heterocycles. The molecule has 2 aliphatic heterocycles. The molecule has 0 spiro atoms. The largest absolute Gasteiger partial charge is 0.378 e. The van der Waals surface area contributed by atoms with Crippen molar-refractivity contribution in [3.63, 3.8) is 0 Å². The van der Waals surface area contributed by atoms with Crippen LogP contribution in [0.1, 0.15) is 31.5 Å². The van der Waals surface area contributed by atoms with Gasteiger partial charge in [0.05, 0.1) is 24.6 Å². The molecule has 2 aromatic rings. The minimum absolute atomic E-state index is 0.778. The highest BCUT2D eigenvalue weighted by Gasteiger charge is 2.16. The number of ether oxygens (including phenoxy) is 1. The zero-order chi connectivity index (χ0) is 18.5. The van der Waals surface area contributed by atoms with E-state index in [0.29, 0.717) is 0 Å². The number of hydrogen-bond donors (Lipinski definition) is 1. The van der Waals surface area contributed by atoms with Gasteiger partial charge < -0.3 is 19.9 Å². The van der Waals surface area contributed by atoms with Crippen molar-refractivity contribution < 1.29 is 4.74 Å². The molecule has 0 aliphatic carbocycles. The summed E-state index contributed by atoms with van der Waals surface area (Å²) in [5.74, 6) is 2.71. The highest BCUT2D eigenvalue weighted by Crippen LogP contribution is 2.30. The third kappa shape index (κ3) is 4.50. The summed E-state index contributed by atoms with van der Waals surface area (Å²) in [7, 11) is 0. The maximum atomic E-state index is 5.50. The zero-order valence-corrected chi connectivity index (χ0v) is 16.2. The molecule has 4 rings (SSSR count). The van der Waals surface area contributed by atoms with Crippen LogP contribution in [-0.2, 0) is 4.74 Å². The predicted molar refractivity (Wildman–Crippen MR) is 110 cm³/mol. The average Bonchev–Trinajstić information content (AvgIpc) is 2.98. The van der Waals surface area contributed by atoms with E-state index in [1.807, 2.05) is 6.92 Å². The number of para-hydroxylation sites is 2. The van der Waals surface area contributed by atoms with Crippen LogP contribution in [-0.4, -0.2) is 49.4 Å². The number of rotatable bonds is 4. The molecule has 3 heterocycles. The van der Waals surface area contributed by atoms with Crippen molar-refractivity contribution in [3.8, 4) is 0 Å². The number of aryl methyl sites for hydroxylation is 1. The smallest absolute Gasteiger partial charge is 0.136 e. The molecule has 0 amide bonds. The van der Waals surface area contributed by atoms with E-state index in [1.54, 1.807) is 0 Å². The molecule has 1 aromatic heterocycles. The molecule has 2 fully saturated rings. The minimum atomic E-state index is 0.778. The first kappa shape index (κ1) is 18.0. The van der Waals surface area contributed by atoms with Gasteiger partial charge in [0.1, 0.15) is 17.5 Å². The van der Waals surface area contributed by atoms with Crippen molar-refractivity contribution in [1.82, 2.24) is 9.97 Å². The van der Waals surface area contributed by atoms with E-state index in [4.69, 9.17) is 9.72 Å². The Balaban J connectivity index is 1.57. The summed E-state index contributed by atoms with van der Waals surface area (Å²) < 4.78 is 5.50. The fraction of sp³-hybridized carbons (Fsp3) is 0.524. The molecule has 6 nitrogen and oxygen atoms in total. The maximum absolute atomic E-state index is 5.50. The fourth-order valence-corrected chi connectivity index (χ4v) is 3.88. The molecule has 0 saturated carbocycles. The lowest BCUT2D eigenvalue weighted by molar-refractivity contribution is 0.123. The molecule has 0 atom stereocenters. The summed E-state index contributed by atoms with van der Waals surface area (Å²) in [6, 6.07) is 10.5. The van der Waals surface area contributed by atoms with E-state index in [2.05, 4.69) is 50.4 Å². The summed E-state index contributed by atoms with van der Waals surface area (Å²) in [5.41, 5.74) is 2.28. The van der Waals surface area contributed by atoms with Crippen LogP contribution in [0.15, 0.2) is 30.3 Å². The monoisotopic (exact) mass is 367 g/mol. The zero-order valence-electron chi connectivity index (χ0n) is 16.2. The Morgan fingerprint density at radius 2 is 1.63 bits per heavy atom. The number of nitrogens with zero attached hydrogens (tertiary/aromatic N) is 4. The molecule has 0 radical (unpaired) electrons. The van der Waals surface area contributed by atoms with Crippen molar-refractivity contribution in [2.45, 2.75) is 32.6 Å². The summed E-state index contributed by atoms with van der Waals surface area (Å²) >= 11 is 0. The summed E-state index contributed by atoms with van der Waals surface area (Å²) in [6.07, 6.45) is 5.12. The first-order valence-corrected chi connectivity index (χ1v) is 10.1. The van der Waals surface area contributed by atoms with Gasteiger partial charge in [-0.1, -0.05) is 25.0 Å². The summed E-state index contributed by atoms with van der Waals surface area (Å²) in [5, 5.41) is 3.55. The second-order valence-corrected chi connectivity index (χ2v) is 7.30. The first-order valence-electron chi connectivity index (χ1n) is 10.1. The maximum Gasteiger partial charge on any atom is 0.136 e. The highest BCUT2D eigenvalue weighted by atomic mass is 16.5. The lowest BCUT2D eigenvalue weighted by Gasteiger charge is -2.30. The number of morpholine rings is 1. The van der Waals surface area contributed by atoms with Crippen molar-refractivity contribution in [3.05, 3.63) is 36.2 Å². The molecule has 0 unspecified atom stereocenters. The molecule has 2 aliphatic rings. The van der Waals surface area contributed by atoms with E-state index in [0.717, 1.165) is 62.5 Å². The van der Waals surface area contributed by atoms with Gasteiger partial charge >= 0.3 is 0 Å². The van der Waals surface area contributed by atoms with Crippen LogP contribution in [0, 0.1) is 6.92 Å². The van der Waals surface area contributed by atoms with Gasteiger partial charge in [0.25, 0.3) is 0 Å². The molecule has 27 heavy (non-hydrogen) atoms. The third-order valence-electron chi connectivity index (χ3n) is 5.27. The van der Waals surface area contributed by atoms with Gasteiger partial charge in [0.2, 0.25) is 0 Å². The first-order chi connectivity index (χ1) is 13.3. The van der Waals surface area contributed by atoms with Crippen LogP contribution >= 0.6 is 0 Å². The molecule has 0 bridgehead atoms. The molecule has 1 aromatic carbocycles. The average molecular weight is 367 g/mol. The van der Waals surface area contributed by atoms with Crippen LogP contribution in [0.4, 0.5) is 23.0 Å². The lowest BCUT2D eigenvalue weighted by Crippen LogP contribution is -2.36. The molecule has 6 heteroatoms. The van der Waals surface area contributed by atoms with E-state index < -0.39 is 0 Å². The Morgan fingerprint density at radius 3 is 2.41 bits per heavy atom. The Morgan fingerprint density at radius 1 is 0.889 bits per heavy atom. The van der Waals surface area contributed by atoms with Gasteiger partial charge in [0.15, 0.2) is 0 Å². The van der Waals surface area contributed by atoms with Crippen molar-refractivity contribution in [1.29, 1.82) is 0 Å². The standard InChI is InChI=1S/C21H29N5O/c1-17-22-20(16-21(23-17)26-10-6-2-3-7-11-26)24-18-8-4-5-9-19(18)25-12-14-27-15-13-25/h4-5,8-9,16H,2-3,6-7,10-15H2,1H3,(H,22,23,24). The van der Waals surface area contributed by atoms with Gasteiger partial charge in [-0.2, -0.15) is 0 Å². The second kappa shape index (κ2) is 8.57. The summed E-state index contributed by atoms with van der Waals surface area (Å²) in [6.45, 7) is 7.53. The van der Waals surface area contributed by atoms with Crippen LogP contribution in [0.3, 0.4) is 0 Å². The quantitative estimate of drug-likeness (QED) is 0.888. The fourth-order valence-electron chi connectivity index (χ4n) is 3.88. The van der Waals surface area contributed by atoms with Crippen molar-refractivity contribution in [2.24, 2.45) is 0 Å². The van der Waals surface area contributed by atoms with Crippen molar-refractivity contribution >= 4 is 23.0 Å². The number of aromatic nitrogens is 2. The van der Waals surface area contributed by atoms with E-state index in [-0.39, 0.29) is 0 Å². The number of anilines is 4. The number of nitrogens with one attached hydrogen (secondary N) is 1. The van der Waals surface area contributed by atoms with Crippen LogP contribution in [0.2, 0.25) is 0 Å². The molecular weight excluding hydrogens is 338 g/mol. The Kier molecular flexibility index (Phi) is 5.72. The number of hydrogen-bond acceptors (Lipinski definition) is 6. The van der Waals surface area contributed by atoms with Gasteiger partial charge in [-0.25, -0.2) is 9.97 Å². The Labute approximate surface area is 161 Å². The second-order valence-electron chi connectivity index (χ2n) is 7.30. The van der Waals surface area contributed by atoms with Gasteiger partial charge in [-0.05, 0) is 31.9 Å². The SMILES string of the molecule is Cc1nc(Nc2ccccc2N2CCOCC2)cc(N2CCCCCC2)n1. The van der Waals surface area contributed by atoms with Crippen molar-refractivity contribution in [2.75, 3.05) is 54.5 Å². The van der Waals surface area contributed by atoms with E-state index in [1.165, 1.54) is 31.4 Å². The van der Waals surface area contributed by atoms with E-state index >= 15 is 0 Å². The van der Waals surface area contributed by atoms with Crippen LogP contribution < -0.4 is 15.1 Å². The molecule has 1 N–H and O–H groups in total. The minimum Gasteiger partial charge on any atom is -0.378 e. The molecule has 144 valence electrons. The third-order valence-corrected chi connectivity index (χ3v) is 5.27. The Hall–Kier alpha value is -2.34. The van der Waals surface area contributed by atoms with Crippen LogP contribution in [0.5, 0.6) is 0 Å². The Bertz CT molecular complexity index is 752. The van der Waals surface area contributed by atoms with E-state index in [9.17, 15) is 0 Å². The topological polar surface area (TPSA) is 53.5 Å². The normalized spacial score (nSPS) is 18.3. The highest BCUT2D eigenvalue weighted by molar-refractivity contribution is 5.75. The van der Waals surface area contributed by atoms with Gasteiger partial charge in [-0.15, -0.1) is 0 Å².